The molecule has 2 nitrogen and oxygen atoms in total. The van der Waals surface area contributed by atoms with Crippen LogP contribution in [0.3, 0.4) is 0 Å². The lowest BCUT2D eigenvalue weighted by Crippen LogP contribution is -2.22. The average Bonchev–Trinajstić information content (AvgIpc) is 2.82. The molecule has 4 heteroatoms. The van der Waals surface area contributed by atoms with Crippen molar-refractivity contribution in [2.75, 3.05) is 6.26 Å². The van der Waals surface area contributed by atoms with Crippen LogP contribution in [0, 0.1) is 6.92 Å². The second-order valence-corrected chi connectivity index (χ2v) is 6.18. The zero-order valence-corrected chi connectivity index (χ0v) is 12.0. The molecule has 0 unspecified atom stereocenters. The van der Waals surface area contributed by atoms with Gasteiger partial charge in [-0.25, -0.2) is 0 Å². The van der Waals surface area contributed by atoms with Gasteiger partial charge in [0, 0.05) is 20.2 Å². The number of aryl methyl sites for hydroxylation is 1. The number of thiophene rings is 1. The van der Waals surface area contributed by atoms with Crippen LogP contribution < -0.4 is 5.32 Å². The SMILES string of the molecule is CSc1ccc(C(=O)NCc2ccc(C)s2)cc1. The van der Waals surface area contributed by atoms with Gasteiger partial charge in [-0.3, -0.25) is 4.79 Å². The van der Waals surface area contributed by atoms with E-state index in [1.807, 2.05) is 30.5 Å². The molecule has 0 fully saturated rings. The summed E-state index contributed by atoms with van der Waals surface area (Å²) in [7, 11) is 0. The molecular weight excluding hydrogens is 262 g/mol. The summed E-state index contributed by atoms with van der Waals surface area (Å²) in [4.78, 5) is 15.5. The zero-order valence-electron chi connectivity index (χ0n) is 10.4. The molecule has 0 bridgehead atoms. The maximum atomic E-state index is 11.9. The predicted molar refractivity (Wildman–Crippen MR) is 78.4 cm³/mol. The van der Waals surface area contributed by atoms with Gasteiger partial charge in [0.25, 0.3) is 5.91 Å². The van der Waals surface area contributed by atoms with Crippen LogP contribution in [-0.2, 0) is 6.54 Å². The van der Waals surface area contributed by atoms with Crippen LogP contribution in [0.15, 0.2) is 41.3 Å². The fraction of sp³-hybridized carbons (Fsp3) is 0.214. The lowest BCUT2D eigenvalue weighted by Gasteiger charge is -2.04. The van der Waals surface area contributed by atoms with Crippen molar-refractivity contribution in [2.24, 2.45) is 0 Å². The number of nitrogens with one attached hydrogen (secondary N) is 1. The van der Waals surface area contributed by atoms with Crippen LogP contribution in [-0.4, -0.2) is 12.2 Å². The molecule has 0 atom stereocenters. The Bertz CT molecular complexity index is 531. The second kappa shape index (κ2) is 6.07. The fourth-order valence-electron chi connectivity index (χ4n) is 1.59. The number of amides is 1. The van der Waals surface area contributed by atoms with E-state index in [2.05, 4.69) is 24.4 Å². The summed E-state index contributed by atoms with van der Waals surface area (Å²) in [6, 6.07) is 11.8. The summed E-state index contributed by atoms with van der Waals surface area (Å²) < 4.78 is 0. The lowest BCUT2D eigenvalue weighted by molar-refractivity contribution is 0.0951. The maximum Gasteiger partial charge on any atom is 0.251 e. The summed E-state index contributed by atoms with van der Waals surface area (Å²) in [5.41, 5.74) is 0.709. The van der Waals surface area contributed by atoms with Crippen molar-refractivity contribution in [1.82, 2.24) is 5.32 Å². The number of hydrogen-bond donors (Lipinski definition) is 1. The van der Waals surface area contributed by atoms with E-state index in [-0.39, 0.29) is 5.91 Å². The van der Waals surface area contributed by atoms with E-state index in [1.165, 1.54) is 14.6 Å². The Labute approximate surface area is 115 Å². The monoisotopic (exact) mass is 277 g/mol. The normalized spacial score (nSPS) is 10.3. The highest BCUT2D eigenvalue weighted by Crippen LogP contribution is 2.16. The minimum absolute atomic E-state index is 0.0197. The standard InChI is InChI=1S/C14H15NOS2/c1-10-3-6-13(18-10)9-15-14(16)11-4-7-12(17-2)8-5-11/h3-8H,9H2,1-2H3,(H,15,16). The first-order valence-corrected chi connectivity index (χ1v) is 7.71. The van der Waals surface area contributed by atoms with Gasteiger partial charge >= 0.3 is 0 Å². The van der Waals surface area contributed by atoms with Crippen molar-refractivity contribution in [3.8, 4) is 0 Å². The Kier molecular flexibility index (Phi) is 4.44. The highest BCUT2D eigenvalue weighted by molar-refractivity contribution is 7.98. The number of carbonyl (C=O) groups is 1. The second-order valence-electron chi connectivity index (χ2n) is 3.92. The minimum atomic E-state index is -0.0197. The van der Waals surface area contributed by atoms with Gasteiger partial charge in [0.1, 0.15) is 0 Å². The van der Waals surface area contributed by atoms with Gasteiger partial charge < -0.3 is 5.32 Å². The smallest absolute Gasteiger partial charge is 0.251 e. The van der Waals surface area contributed by atoms with Gasteiger partial charge in [-0.05, 0) is 49.6 Å². The fourth-order valence-corrected chi connectivity index (χ4v) is 2.83. The van der Waals surface area contributed by atoms with Crippen molar-refractivity contribution in [2.45, 2.75) is 18.4 Å². The number of hydrogen-bond acceptors (Lipinski definition) is 3. The van der Waals surface area contributed by atoms with Crippen LogP contribution in [0.25, 0.3) is 0 Å². The Hall–Kier alpha value is -1.26. The predicted octanol–water partition coefficient (Wildman–Crippen LogP) is 3.71. The average molecular weight is 277 g/mol. The van der Waals surface area contributed by atoms with Gasteiger partial charge in [0.2, 0.25) is 0 Å². The first kappa shape index (κ1) is 13.2. The van der Waals surface area contributed by atoms with Gasteiger partial charge in [0.05, 0.1) is 6.54 Å². The molecule has 1 aromatic heterocycles. The van der Waals surface area contributed by atoms with Crippen LogP contribution in [0.4, 0.5) is 0 Å². The number of carbonyl (C=O) groups excluding carboxylic acids is 1. The van der Waals surface area contributed by atoms with Crippen LogP contribution >= 0.6 is 23.1 Å². The Balaban J connectivity index is 1.94. The summed E-state index contributed by atoms with van der Waals surface area (Å²) in [6.07, 6.45) is 2.02. The Morgan fingerprint density at radius 3 is 2.50 bits per heavy atom. The summed E-state index contributed by atoms with van der Waals surface area (Å²) in [5, 5.41) is 2.93. The van der Waals surface area contributed by atoms with E-state index >= 15 is 0 Å². The molecule has 1 N–H and O–H groups in total. The molecule has 0 saturated heterocycles. The highest BCUT2D eigenvalue weighted by Gasteiger charge is 2.05. The van der Waals surface area contributed by atoms with E-state index in [0.717, 1.165) is 0 Å². The van der Waals surface area contributed by atoms with Crippen LogP contribution in [0.5, 0.6) is 0 Å². The third kappa shape index (κ3) is 3.37. The molecule has 0 aliphatic heterocycles. The molecule has 2 aromatic rings. The Morgan fingerprint density at radius 2 is 1.94 bits per heavy atom. The topological polar surface area (TPSA) is 29.1 Å². The number of thioether (sulfide) groups is 1. The molecule has 1 amide bonds. The molecule has 0 spiro atoms. The first-order chi connectivity index (χ1) is 8.69. The molecule has 1 heterocycles. The number of benzene rings is 1. The van der Waals surface area contributed by atoms with E-state index in [0.29, 0.717) is 12.1 Å². The molecule has 2 rings (SSSR count). The molecule has 0 aliphatic rings. The molecule has 0 saturated carbocycles. The molecular formula is C14H15NOS2. The van der Waals surface area contributed by atoms with Crippen molar-refractivity contribution in [3.63, 3.8) is 0 Å². The van der Waals surface area contributed by atoms with E-state index in [4.69, 9.17) is 0 Å². The third-order valence-electron chi connectivity index (χ3n) is 2.57. The molecule has 94 valence electrons. The highest BCUT2D eigenvalue weighted by atomic mass is 32.2. The van der Waals surface area contributed by atoms with E-state index in [1.54, 1.807) is 23.1 Å². The summed E-state index contributed by atoms with van der Waals surface area (Å²) in [5.74, 6) is -0.0197. The zero-order chi connectivity index (χ0) is 13.0. The summed E-state index contributed by atoms with van der Waals surface area (Å²) in [6.45, 7) is 2.67. The Morgan fingerprint density at radius 1 is 1.22 bits per heavy atom. The van der Waals surface area contributed by atoms with Gasteiger partial charge in [-0.15, -0.1) is 23.1 Å². The first-order valence-electron chi connectivity index (χ1n) is 5.66. The van der Waals surface area contributed by atoms with Crippen molar-refractivity contribution in [3.05, 3.63) is 51.7 Å². The molecule has 0 aliphatic carbocycles. The molecule has 1 aromatic carbocycles. The maximum absolute atomic E-state index is 11.9. The quantitative estimate of drug-likeness (QED) is 0.863. The third-order valence-corrected chi connectivity index (χ3v) is 4.32. The van der Waals surface area contributed by atoms with Crippen molar-refractivity contribution in [1.29, 1.82) is 0 Å². The lowest BCUT2D eigenvalue weighted by atomic mass is 10.2. The van der Waals surface area contributed by atoms with Crippen molar-refractivity contribution < 1.29 is 4.79 Å². The molecule has 0 radical (unpaired) electrons. The van der Waals surface area contributed by atoms with E-state index < -0.39 is 0 Å². The molecule has 18 heavy (non-hydrogen) atoms. The van der Waals surface area contributed by atoms with Crippen LogP contribution in [0.2, 0.25) is 0 Å². The number of rotatable bonds is 4. The van der Waals surface area contributed by atoms with E-state index in [9.17, 15) is 4.79 Å². The largest absolute Gasteiger partial charge is 0.347 e. The summed E-state index contributed by atoms with van der Waals surface area (Å²) >= 11 is 3.39. The van der Waals surface area contributed by atoms with Crippen LogP contribution in [0.1, 0.15) is 20.1 Å². The minimum Gasteiger partial charge on any atom is -0.347 e. The van der Waals surface area contributed by atoms with Crippen molar-refractivity contribution >= 4 is 29.0 Å². The van der Waals surface area contributed by atoms with Gasteiger partial charge in [-0.2, -0.15) is 0 Å². The van der Waals surface area contributed by atoms with Gasteiger partial charge in [0.15, 0.2) is 0 Å². The van der Waals surface area contributed by atoms with Gasteiger partial charge in [-0.1, -0.05) is 0 Å².